The van der Waals surface area contributed by atoms with Crippen molar-refractivity contribution in [2.45, 2.75) is 46.1 Å². The minimum absolute atomic E-state index is 0.0400. The zero-order valence-corrected chi connectivity index (χ0v) is 23.1. The number of thiazole rings is 1. The van der Waals surface area contributed by atoms with Crippen LogP contribution in [-0.2, 0) is 14.9 Å². The van der Waals surface area contributed by atoms with E-state index < -0.39 is 12.0 Å². The van der Waals surface area contributed by atoms with Gasteiger partial charge in [-0.2, -0.15) is 0 Å². The van der Waals surface area contributed by atoms with Gasteiger partial charge in [0.2, 0.25) is 0 Å². The number of rotatable bonds is 6. The first-order valence-electron chi connectivity index (χ1n) is 12.1. The van der Waals surface area contributed by atoms with Crippen molar-refractivity contribution < 1.29 is 19.0 Å². The number of benzene rings is 2. The molecular formula is C29H32N2O5S. The largest absolute Gasteiger partial charge is 0.493 e. The maximum Gasteiger partial charge on any atom is 0.338 e. The van der Waals surface area contributed by atoms with Gasteiger partial charge in [-0.25, -0.2) is 9.79 Å². The second-order valence-corrected chi connectivity index (χ2v) is 10.8. The van der Waals surface area contributed by atoms with Gasteiger partial charge in [0.25, 0.3) is 5.56 Å². The van der Waals surface area contributed by atoms with Crippen molar-refractivity contribution in [2.75, 3.05) is 20.8 Å². The molecule has 2 heterocycles. The lowest BCUT2D eigenvalue weighted by Crippen LogP contribution is -2.40. The first-order chi connectivity index (χ1) is 17.6. The van der Waals surface area contributed by atoms with E-state index in [0.717, 1.165) is 5.56 Å². The van der Waals surface area contributed by atoms with Gasteiger partial charge in [0.05, 0.1) is 42.7 Å². The molecule has 0 fully saturated rings. The van der Waals surface area contributed by atoms with Crippen LogP contribution in [0.15, 0.2) is 63.5 Å². The SMILES string of the molecule is CCOC(=O)C1=C(C)N=c2s/c(=C\c3ccc(C(C)(C)C)cc3)c(=O)n2[C@@H]1c1ccc(OC)c(OC)c1. The van der Waals surface area contributed by atoms with E-state index in [1.165, 1.54) is 16.9 Å². The molecule has 0 spiro atoms. The van der Waals surface area contributed by atoms with Gasteiger partial charge in [0, 0.05) is 0 Å². The lowest BCUT2D eigenvalue weighted by molar-refractivity contribution is -0.139. The lowest BCUT2D eigenvalue weighted by Gasteiger charge is -2.25. The van der Waals surface area contributed by atoms with Crippen molar-refractivity contribution in [2.24, 2.45) is 4.99 Å². The van der Waals surface area contributed by atoms with Crippen LogP contribution < -0.4 is 24.4 Å². The Morgan fingerprint density at radius 3 is 2.35 bits per heavy atom. The van der Waals surface area contributed by atoms with Crippen LogP contribution in [0.2, 0.25) is 0 Å². The highest BCUT2D eigenvalue weighted by atomic mass is 32.1. The fourth-order valence-electron chi connectivity index (χ4n) is 4.36. The molecule has 37 heavy (non-hydrogen) atoms. The van der Waals surface area contributed by atoms with Gasteiger partial charge < -0.3 is 14.2 Å². The molecular weight excluding hydrogens is 488 g/mol. The number of carbonyl (C=O) groups is 1. The Kier molecular flexibility index (Phi) is 7.41. The zero-order valence-electron chi connectivity index (χ0n) is 22.2. The van der Waals surface area contributed by atoms with E-state index in [4.69, 9.17) is 14.2 Å². The minimum Gasteiger partial charge on any atom is -0.493 e. The molecule has 8 heteroatoms. The second kappa shape index (κ2) is 10.4. The van der Waals surface area contributed by atoms with Gasteiger partial charge in [-0.1, -0.05) is 62.4 Å². The van der Waals surface area contributed by atoms with Crippen molar-refractivity contribution in [3.05, 3.63) is 90.1 Å². The van der Waals surface area contributed by atoms with Crippen LogP contribution in [-0.4, -0.2) is 31.4 Å². The summed E-state index contributed by atoms with van der Waals surface area (Å²) in [5.41, 5.74) is 3.48. The topological polar surface area (TPSA) is 79.1 Å². The summed E-state index contributed by atoms with van der Waals surface area (Å²) in [6.45, 7) is 10.2. The molecule has 1 aliphatic rings. The van der Waals surface area contributed by atoms with Crippen LogP contribution >= 0.6 is 11.3 Å². The van der Waals surface area contributed by atoms with Gasteiger partial charge >= 0.3 is 5.97 Å². The van der Waals surface area contributed by atoms with Crippen molar-refractivity contribution in [3.63, 3.8) is 0 Å². The van der Waals surface area contributed by atoms with Crippen molar-refractivity contribution in [1.82, 2.24) is 4.57 Å². The van der Waals surface area contributed by atoms with Crippen LogP contribution in [0.4, 0.5) is 0 Å². The Bertz CT molecular complexity index is 1540. The number of nitrogens with zero attached hydrogens (tertiary/aromatic N) is 2. The average Bonchev–Trinajstić information content (AvgIpc) is 3.16. The van der Waals surface area contributed by atoms with Crippen molar-refractivity contribution >= 4 is 23.4 Å². The Morgan fingerprint density at radius 2 is 1.76 bits per heavy atom. The predicted molar refractivity (Wildman–Crippen MR) is 145 cm³/mol. The van der Waals surface area contributed by atoms with Crippen molar-refractivity contribution in [3.8, 4) is 11.5 Å². The van der Waals surface area contributed by atoms with Crippen molar-refractivity contribution in [1.29, 1.82) is 0 Å². The van der Waals surface area contributed by atoms with Gasteiger partial charge in [0.1, 0.15) is 0 Å². The van der Waals surface area contributed by atoms with Crippen LogP contribution in [0.25, 0.3) is 6.08 Å². The number of aromatic nitrogens is 1. The Morgan fingerprint density at radius 1 is 1.08 bits per heavy atom. The highest BCUT2D eigenvalue weighted by Crippen LogP contribution is 2.36. The molecule has 0 amide bonds. The summed E-state index contributed by atoms with van der Waals surface area (Å²) < 4.78 is 18.4. The van der Waals surface area contributed by atoms with E-state index in [1.807, 2.05) is 24.3 Å². The maximum absolute atomic E-state index is 13.8. The average molecular weight is 521 g/mol. The van der Waals surface area contributed by atoms with Gasteiger partial charge in [-0.3, -0.25) is 9.36 Å². The van der Waals surface area contributed by atoms with E-state index in [9.17, 15) is 9.59 Å². The monoisotopic (exact) mass is 520 g/mol. The third-order valence-electron chi connectivity index (χ3n) is 6.31. The molecule has 1 atom stereocenters. The van der Waals surface area contributed by atoms with E-state index in [2.05, 4.69) is 37.9 Å². The Balaban J connectivity index is 1.91. The number of methoxy groups -OCH3 is 2. The lowest BCUT2D eigenvalue weighted by atomic mass is 9.87. The molecule has 0 saturated carbocycles. The molecule has 3 aromatic rings. The molecule has 7 nitrogen and oxygen atoms in total. The normalized spacial score (nSPS) is 15.8. The molecule has 0 unspecified atom stereocenters. The third-order valence-corrected chi connectivity index (χ3v) is 7.30. The number of hydrogen-bond donors (Lipinski definition) is 0. The highest BCUT2D eigenvalue weighted by Gasteiger charge is 2.34. The molecule has 194 valence electrons. The first-order valence-corrected chi connectivity index (χ1v) is 12.9. The van der Waals surface area contributed by atoms with Crippen LogP contribution in [0, 0.1) is 0 Å². The molecule has 1 aromatic heterocycles. The number of carbonyl (C=O) groups excluding carboxylic acids is 1. The van der Waals surface area contributed by atoms with E-state index in [0.29, 0.717) is 37.7 Å². The minimum atomic E-state index is -0.722. The Labute approximate surface area is 220 Å². The van der Waals surface area contributed by atoms with E-state index in [-0.39, 0.29) is 17.6 Å². The van der Waals surface area contributed by atoms with Gasteiger partial charge in [-0.15, -0.1) is 0 Å². The number of allylic oxidation sites excluding steroid dienone is 1. The summed E-state index contributed by atoms with van der Waals surface area (Å²) in [6, 6.07) is 12.8. The molecule has 1 aliphatic heterocycles. The Hall–Kier alpha value is -3.65. The summed E-state index contributed by atoms with van der Waals surface area (Å²) in [7, 11) is 3.11. The summed E-state index contributed by atoms with van der Waals surface area (Å²) in [5, 5.41) is 0. The summed E-state index contributed by atoms with van der Waals surface area (Å²) in [4.78, 5) is 32.0. The number of ether oxygens (including phenoxy) is 3. The zero-order chi connectivity index (χ0) is 26.9. The molecule has 0 bridgehead atoms. The number of hydrogen-bond acceptors (Lipinski definition) is 7. The molecule has 0 radical (unpaired) electrons. The van der Waals surface area contributed by atoms with E-state index in [1.54, 1.807) is 44.8 Å². The smallest absolute Gasteiger partial charge is 0.338 e. The highest BCUT2D eigenvalue weighted by molar-refractivity contribution is 7.07. The fraction of sp³-hybridized carbons (Fsp3) is 0.345. The third kappa shape index (κ3) is 5.11. The number of esters is 1. The standard InChI is InChI=1S/C29H32N2O5S/c1-8-36-27(33)24-17(2)30-28-31(25(24)19-11-14-21(34-6)22(16-19)35-7)26(32)23(37-28)15-18-9-12-20(13-10-18)29(3,4)5/h9-16,25H,8H2,1-7H3/b23-15-/t25-/m1/s1. The molecule has 0 aliphatic carbocycles. The summed E-state index contributed by atoms with van der Waals surface area (Å²) >= 11 is 1.30. The summed E-state index contributed by atoms with van der Waals surface area (Å²) in [6.07, 6.45) is 1.87. The predicted octanol–water partition coefficient (Wildman–Crippen LogP) is 4.11. The van der Waals surface area contributed by atoms with Gasteiger partial charge in [0.15, 0.2) is 16.3 Å². The quantitative estimate of drug-likeness (QED) is 0.457. The molecule has 0 N–H and O–H groups in total. The van der Waals surface area contributed by atoms with Crippen LogP contribution in [0.1, 0.15) is 57.4 Å². The van der Waals surface area contributed by atoms with Gasteiger partial charge in [-0.05, 0) is 54.2 Å². The van der Waals surface area contributed by atoms with Crippen LogP contribution in [0.5, 0.6) is 11.5 Å². The van der Waals surface area contributed by atoms with E-state index >= 15 is 0 Å². The molecule has 2 aromatic carbocycles. The number of fused-ring (bicyclic) bond motifs is 1. The summed E-state index contributed by atoms with van der Waals surface area (Å²) in [5.74, 6) is 0.547. The van der Waals surface area contributed by atoms with Crippen LogP contribution in [0.3, 0.4) is 0 Å². The molecule has 4 rings (SSSR count). The fourth-order valence-corrected chi connectivity index (χ4v) is 5.41. The first kappa shape index (κ1) is 26.4. The molecule has 0 saturated heterocycles. The maximum atomic E-state index is 13.8. The second-order valence-electron chi connectivity index (χ2n) is 9.79.